The zero-order valence-electron chi connectivity index (χ0n) is 19.2. The maximum absolute atomic E-state index is 12.7. The van der Waals surface area contributed by atoms with Gasteiger partial charge in [0.05, 0.1) is 0 Å². The summed E-state index contributed by atoms with van der Waals surface area (Å²) in [6, 6.07) is 25.5. The molecule has 5 rings (SSSR count). The van der Waals surface area contributed by atoms with Crippen LogP contribution in [0.25, 0.3) is 22.5 Å². The summed E-state index contributed by atoms with van der Waals surface area (Å²) in [6.07, 6.45) is 1.46. The Labute approximate surface area is 202 Å². The number of carbonyl (C=O) groups is 1. The van der Waals surface area contributed by atoms with Gasteiger partial charge in [-0.1, -0.05) is 73.7 Å². The molecule has 2 heterocycles. The SMILES string of the molecule is CCCn1nc(C(=O)Nc2ccccc2)nc1Cc1ccc(-c2ccccc2-c2nn[nH]n2)cc1. The molecule has 0 radical (unpaired) electrons. The largest absolute Gasteiger partial charge is 0.319 e. The van der Waals surface area contributed by atoms with Gasteiger partial charge < -0.3 is 5.32 Å². The van der Waals surface area contributed by atoms with Crippen LogP contribution in [0.15, 0.2) is 78.9 Å². The first-order chi connectivity index (χ1) is 17.2. The van der Waals surface area contributed by atoms with Gasteiger partial charge >= 0.3 is 0 Å². The van der Waals surface area contributed by atoms with Crippen molar-refractivity contribution in [1.29, 1.82) is 0 Å². The number of aryl methyl sites for hydroxylation is 1. The van der Waals surface area contributed by atoms with Gasteiger partial charge in [0.25, 0.3) is 5.91 Å². The molecule has 0 unspecified atom stereocenters. The van der Waals surface area contributed by atoms with Crippen LogP contribution in [0.2, 0.25) is 0 Å². The van der Waals surface area contributed by atoms with Crippen LogP contribution < -0.4 is 5.32 Å². The first kappa shape index (κ1) is 22.1. The summed E-state index contributed by atoms with van der Waals surface area (Å²) in [7, 11) is 0. The van der Waals surface area contributed by atoms with E-state index in [0.29, 0.717) is 24.5 Å². The van der Waals surface area contributed by atoms with E-state index in [-0.39, 0.29) is 11.7 Å². The number of rotatable bonds is 8. The monoisotopic (exact) mass is 464 g/mol. The second-order valence-electron chi connectivity index (χ2n) is 8.05. The highest BCUT2D eigenvalue weighted by Crippen LogP contribution is 2.30. The fourth-order valence-corrected chi connectivity index (χ4v) is 3.89. The third-order valence-electron chi connectivity index (χ3n) is 5.56. The van der Waals surface area contributed by atoms with Crippen LogP contribution in [0.4, 0.5) is 5.69 Å². The van der Waals surface area contributed by atoms with E-state index in [1.807, 2.05) is 59.3 Å². The van der Waals surface area contributed by atoms with Gasteiger partial charge in [0.2, 0.25) is 11.6 Å². The Bertz CT molecular complexity index is 1410. The molecule has 0 fully saturated rings. The first-order valence-corrected chi connectivity index (χ1v) is 11.4. The molecule has 0 aliphatic carbocycles. The predicted octanol–water partition coefficient (Wildman–Crippen LogP) is 4.38. The van der Waals surface area contributed by atoms with Gasteiger partial charge in [0.15, 0.2) is 0 Å². The zero-order valence-corrected chi connectivity index (χ0v) is 19.2. The van der Waals surface area contributed by atoms with E-state index in [0.717, 1.165) is 34.5 Å². The zero-order chi connectivity index (χ0) is 24.0. The Morgan fingerprint density at radius 3 is 2.40 bits per heavy atom. The van der Waals surface area contributed by atoms with E-state index < -0.39 is 0 Å². The summed E-state index contributed by atoms with van der Waals surface area (Å²) in [5.74, 6) is 1.16. The molecule has 3 aromatic carbocycles. The molecule has 0 aliphatic rings. The van der Waals surface area contributed by atoms with E-state index in [2.05, 4.69) is 67.2 Å². The van der Waals surface area contributed by atoms with Crippen molar-refractivity contribution in [1.82, 2.24) is 35.4 Å². The second-order valence-corrected chi connectivity index (χ2v) is 8.05. The van der Waals surface area contributed by atoms with Crippen molar-refractivity contribution < 1.29 is 4.79 Å². The molecule has 174 valence electrons. The van der Waals surface area contributed by atoms with Gasteiger partial charge in [-0.2, -0.15) is 5.21 Å². The number of aromatic amines is 1. The Morgan fingerprint density at radius 1 is 0.943 bits per heavy atom. The number of tetrazole rings is 1. The van der Waals surface area contributed by atoms with Crippen molar-refractivity contribution in [3.63, 3.8) is 0 Å². The van der Waals surface area contributed by atoms with Gasteiger partial charge in [0, 0.05) is 24.2 Å². The average molecular weight is 465 g/mol. The second kappa shape index (κ2) is 10.1. The van der Waals surface area contributed by atoms with Gasteiger partial charge in [0.1, 0.15) is 5.82 Å². The maximum Gasteiger partial charge on any atom is 0.295 e. The van der Waals surface area contributed by atoms with Crippen LogP contribution >= 0.6 is 0 Å². The van der Waals surface area contributed by atoms with Crippen LogP contribution in [0.5, 0.6) is 0 Å². The normalized spacial score (nSPS) is 10.9. The van der Waals surface area contributed by atoms with Gasteiger partial charge in [-0.25, -0.2) is 9.67 Å². The van der Waals surface area contributed by atoms with Crippen LogP contribution in [0.3, 0.4) is 0 Å². The van der Waals surface area contributed by atoms with Crippen molar-refractivity contribution in [2.45, 2.75) is 26.3 Å². The number of para-hydroxylation sites is 1. The number of anilines is 1. The number of nitrogens with one attached hydrogen (secondary N) is 2. The van der Waals surface area contributed by atoms with Crippen molar-refractivity contribution in [3.8, 4) is 22.5 Å². The van der Waals surface area contributed by atoms with Crippen LogP contribution in [-0.4, -0.2) is 41.3 Å². The summed E-state index contributed by atoms with van der Waals surface area (Å²) in [5.41, 5.74) is 4.76. The Balaban J connectivity index is 1.37. The number of amides is 1. The first-order valence-electron chi connectivity index (χ1n) is 11.4. The van der Waals surface area contributed by atoms with Crippen molar-refractivity contribution >= 4 is 11.6 Å². The number of carbonyl (C=O) groups excluding carboxylic acids is 1. The summed E-state index contributed by atoms with van der Waals surface area (Å²) >= 11 is 0. The van der Waals surface area contributed by atoms with E-state index in [1.165, 1.54) is 0 Å². The Morgan fingerprint density at radius 2 is 1.69 bits per heavy atom. The maximum atomic E-state index is 12.7. The molecule has 0 aliphatic heterocycles. The highest BCUT2D eigenvalue weighted by atomic mass is 16.2. The average Bonchev–Trinajstić information content (AvgIpc) is 3.56. The van der Waals surface area contributed by atoms with E-state index in [4.69, 9.17) is 0 Å². The number of H-pyrrole nitrogens is 1. The fourth-order valence-electron chi connectivity index (χ4n) is 3.89. The molecule has 1 amide bonds. The molecular weight excluding hydrogens is 440 g/mol. The van der Waals surface area contributed by atoms with Crippen LogP contribution in [0.1, 0.15) is 35.4 Å². The lowest BCUT2D eigenvalue weighted by Gasteiger charge is -2.08. The highest BCUT2D eigenvalue weighted by molar-refractivity contribution is 6.01. The van der Waals surface area contributed by atoms with Crippen molar-refractivity contribution in [3.05, 3.63) is 96.1 Å². The third-order valence-corrected chi connectivity index (χ3v) is 5.56. The smallest absolute Gasteiger partial charge is 0.295 e. The molecule has 0 saturated carbocycles. The number of aromatic nitrogens is 7. The van der Waals surface area contributed by atoms with Crippen LogP contribution in [0, 0.1) is 0 Å². The lowest BCUT2D eigenvalue weighted by atomic mass is 9.98. The van der Waals surface area contributed by atoms with Gasteiger partial charge in [-0.3, -0.25) is 4.79 Å². The minimum Gasteiger partial charge on any atom is -0.319 e. The lowest BCUT2D eigenvalue weighted by Crippen LogP contribution is -2.14. The fraction of sp³-hybridized carbons (Fsp3) is 0.154. The van der Waals surface area contributed by atoms with Gasteiger partial charge in [-0.15, -0.1) is 15.3 Å². The lowest BCUT2D eigenvalue weighted by molar-refractivity contribution is 0.101. The quantitative estimate of drug-likeness (QED) is 0.352. The number of hydrogen-bond donors (Lipinski definition) is 2. The van der Waals surface area contributed by atoms with Crippen LogP contribution in [-0.2, 0) is 13.0 Å². The topological polar surface area (TPSA) is 114 Å². The van der Waals surface area contributed by atoms with Gasteiger partial charge in [-0.05, 0) is 40.5 Å². The minimum atomic E-state index is -0.319. The molecule has 5 aromatic rings. The van der Waals surface area contributed by atoms with Crippen molar-refractivity contribution in [2.75, 3.05) is 5.32 Å². The Hall–Kier alpha value is -4.66. The molecule has 9 nitrogen and oxygen atoms in total. The number of nitrogens with zero attached hydrogens (tertiary/aromatic N) is 6. The molecule has 0 saturated heterocycles. The van der Waals surface area contributed by atoms with E-state index >= 15 is 0 Å². The van der Waals surface area contributed by atoms with E-state index in [1.54, 1.807) is 0 Å². The highest BCUT2D eigenvalue weighted by Gasteiger charge is 2.17. The summed E-state index contributed by atoms with van der Waals surface area (Å²) in [6.45, 7) is 2.77. The number of hydrogen-bond acceptors (Lipinski definition) is 6. The molecule has 0 bridgehead atoms. The molecule has 35 heavy (non-hydrogen) atoms. The molecule has 0 spiro atoms. The molecule has 9 heteroatoms. The standard InChI is InChI=1S/C26H24N8O/c1-2-16-34-23(28-25(31-34)26(35)27-20-8-4-3-5-9-20)17-18-12-14-19(15-13-18)21-10-6-7-11-22(21)24-29-32-33-30-24/h3-15H,2,16-17H2,1H3,(H,27,35)(H,29,30,32,33). The number of benzene rings is 3. The molecule has 2 N–H and O–H groups in total. The summed E-state index contributed by atoms with van der Waals surface area (Å²) in [5, 5.41) is 21.7. The molecular formula is C26H24N8O. The Kier molecular flexibility index (Phi) is 6.38. The van der Waals surface area contributed by atoms with E-state index in [9.17, 15) is 4.79 Å². The predicted molar refractivity (Wildman–Crippen MR) is 133 cm³/mol. The minimum absolute atomic E-state index is 0.169. The molecule has 2 aromatic heterocycles. The van der Waals surface area contributed by atoms with Crippen molar-refractivity contribution in [2.24, 2.45) is 0 Å². The third kappa shape index (κ3) is 4.98. The summed E-state index contributed by atoms with van der Waals surface area (Å²) in [4.78, 5) is 17.3. The summed E-state index contributed by atoms with van der Waals surface area (Å²) < 4.78 is 1.82. The molecule has 0 atom stereocenters.